The molecule has 1 aromatic heterocycles. The molecule has 0 unspecified atom stereocenters. The van der Waals surface area contributed by atoms with E-state index >= 15 is 0 Å². The fourth-order valence-corrected chi connectivity index (χ4v) is 5.44. The fraction of sp³-hybridized carbons (Fsp3) is 0.389. The molecule has 9 heteroatoms. The molecule has 1 N–H and O–H groups in total. The van der Waals surface area contributed by atoms with Crippen molar-refractivity contribution in [2.75, 3.05) is 26.3 Å². The molecule has 1 aliphatic heterocycles. The lowest BCUT2D eigenvalue weighted by Gasteiger charge is -2.25. The maximum absolute atomic E-state index is 12.6. The number of benzene rings is 1. The minimum atomic E-state index is -3.50. The van der Waals surface area contributed by atoms with Crippen LogP contribution in [0.3, 0.4) is 0 Å². The summed E-state index contributed by atoms with van der Waals surface area (Å²) in [6.45, 7) is 3.47. The second kappa shape index (κ2) is 8.83. The standard InChI is InChI=1S/C18H22N2O5S2/c1-14(25-15-5-3-2-4-6-15)18(21)19-13-16-7-8-17(26-16)27(22,23)20-9-11-24-12-10-20/h2-8,14H,9-13H2,1H3,(H,19,21)/t14-/m1/s1. The normalized spacial score (nSPS) is 16.6. The van der Waals surface area contributed by atoms with Crippen LogP contribution in [0.4, 0.5) is 0 Å². The first-order chi connectivity index (χ1) is 13.0. The van der Waals surface area contributed by atoms with Crippen LogP contribution in [-0.2, 0) is 26.1 Å². The van der Waals surface area contributed by atoms with Gasteiger partial charge in [-0.15, -0.1) is 11.3 Å². The van der Waals surface area contributed by atoms with Crippen LogP contribution in [0.5, 0.6) is 5.75 Å². The SMILES string of the molecule is C[C@@H](Oc1ccccc1)C(=O)NCc1ccc(S(=O)(=O)N2CCOCC2)s1. The molecule has 27 heavy (non-hydrogen) atoms. The molecular formula is C18H22N2O5S2. The van der Waals surface area contributed by atoms with E-state index in [9.17, 15) is 13.2 Å². The maximum Gasteiger partial charge on any atom is 0.261 e. The Bertz CT molecular complexity index is 861. The van der Waals surface area contributed by atoms with Gasteiger partial charge in [0.05, 0.1) is 19.8 Å². The van der Waals surface area contributed by atoms with Gasteiger partial charge in [0.2, 0.25) is 0 Å². The lowest BCUT2D eigenvalue weighted by molar-refractivity contribution is -0.127. The first-order valence-electron chi connectivity index (χ1n) is 8.63. The molecule has 1 fully saturated rings. The molecule has 146 valence electrons. The number of carbonyl (C=O) groups excluding carboxylic acids is 1. The zero-order valence-electron chi connectivity index (χ0n) is 15.0. The highest BCUT2D eigenvalue weighted by molar-refractivity contribution is 7.91. The van der Waals surface area contributed by atoms with Crippen molar-refractivity contribution in [3.8, 4) is 5.75 Å². The van der Waals surface area contributed by atoms with E-state index in [0.29, 0.717) is 32.1 Å². The predicted octanol–water partition coefficient (Wildman–Crippen LogP) is 1.85. The molecule has 1 saturated heterocycles. The van der Waals surface area contributed by atoms with Gasteiger partial charge in [-0.05, 0) is 31.2 Å². The zero-order chi connectivity index (χ0) is 19.3. The van der Waals surface area contributed by atoms with Crippen molar-refractivity contribution in [3.63, 3.8) is 0 Å². The summed E-state index contributed by atoms with van der Waals surface area (Å²) >= 11 is 1.17. The van der Waals surface area contributed by atoms with Gasteiger partial charge in [0.25, 0.3) is 15.9 Å². The number of nitrogens with one attached hydrogen (secondary N) is 1. The van der Waals surface area contributed by atoms with Crippen molar-refractivity contribution in [1.29, 1.82) is 0 Å². The molecule has 2 aromatic rings. The van der Waals surface area contributed by atoms with Crippen molar-refractivity contribution in [3.05, 3.63) is 47.3 Å². The number of amides is 1. The number of rotatable bonds is 7. The molecule has 1 aliphatic rings. The first kappa shape index (κ1) is 19.8. The summed E-state index contributed by atoms with van der Waals surface area (Å²) in [4.78, 5) is 13.0. The molecule has 3 rings (SSSR count). The van der Waals surface area contributed by atoms with Crippen LogP contribution in [0.25, 0.3) is 0 Å². The van der Waals surface area contributed by atoms with Crippen molar-refractivity contribution >= 4 is 27.3 Å². The lowest BCUT2D eigenvalue weighted by Crippen LogP contribution is -2.40. The monoisotopic (exact) mass is 410 g/mol. The molecule has 0 spiro atoms. The molecule has 0 saturated carbocycles. The van der Waals surface area contributed by atoms with Gasteiger partial charge in [0.15, 0.2) is 6.10 Å². The van der Waals surface area contributed by atoms with Crippen molar-refractivity contribution in [2.45, 2.75) is 23.8 Å². The number of para-hydroxylation sites is 1. The Kier molecular flexibility index (Phi) is 6.48. The van der Waals surface area contributed by atoms with E-state index in [1.165, 1.54) is 15.6 Å². The number of carbonyl (C=O) groups is 1. The number of hydrogen-bond donors (Lipinski definition) is 1. The number of nitrogens with zero attached hydrogens (tertiary/aromatic N) is 1. The number of ether oxygens (including phenoxy) is 2. The number of thiophene rings is 1. The van der Waals surface area contributed by atoms with E-state index in [2.05, 4.69) is 5.32 Å². The molecule has 1 amide bonds. The summed E-state index contributed by atoms with van der Waals surface area (Å²) in [5.74, 6) is 0.361. The Morgan fingerprint density at radius 1 is 1.22 bits per heavy atom. The second-order valence-electron chi connectivity index (χ2n) is 6.03. The average molecular weight is 411 g/mol. The van der Waals surface area contributed by atoms with Gasteiger partial charge in [0.1, 0.15) is 9.96 Å². The van der Waals surface area contributed by atoms with Gasteiger partial charge >= 0.3 is 0 Å². The largest absolute Gasteiger partial charge is 0.481 e. The van der Waals surface area contributed by atoms with Gasteiger partial charge in [-0.1, -0.05) is 18.2 Å². The number of sulfonamides is 1. The summed E-state index contributed by atoms with van der Waals surface area (Å²) < 4.78 is 37.7. The van der Waals surface area contributed by atoms with Crippen LogP contribution >= 0.6 is 11.3 Å². The Labute approximate surface area is 163 Å². The highest BCUT2D eigenvalue weighted by Crippen LogP contribution is 2.25. The zero-order valence-corrected chi connectivity index (χ0v) is 16.6. The molecule has 1 atom stereocenters. The van der Waals surface area contributed by atoms with Crippen LogP contribution < -0.4 is 10.1 Å². The Morgan fingerprint density at radius 2 is 1.93 bits per heavy atom. The number of morpholine rings is 1. The van der Waals surface area contributed by atoms with Crippen molar-refractivity contribution < 1.29 is 22.7 Å². The molecule has 1 aromatic carbocycles. The third-order valence-electron chi connectivity index (χ3n) is 4.06. The van der Waals surface area contributed by atoms with Gasteiger partial charge in [0, 0.05) is 18.0 Å². The van der Waals surface area contributed by atoms with Gasteiger partial charge in [-0.2, -0.15) is 4.31 Å². The smallest absolute Gasteiger partial charge is 0.261 e. The molecule has 0 aliphatic carbocycles. The van der Waals surface area contributed by atoms with E-state index in [1.807, 2.05) is 18.2 Å². The predicted molar refractivity (Wildman–Crippen MR) is 102 cm³/mol. The molecular weight excluding hydrogens is 388 g/mol. The van der Waals surface area contributed by atoms with E-state index in [0.717, 1.165) is 4.88 Å². The molecule has 7 nitrogen and oxygen atoms in total. The van der Waals surface area contributed by atoms with Crippen LogP contribution in [0, 0.1) is 0 Å². The van der Waals surface area contributed by atoms with E-state index in [-0.39, 0.29) is 16.7 Å². The van der Waals surface area contributed by atoms with Crippen LogP contribution in [-0.4, -0.2) is 51.0 Å². The molecule has 0 bridgehead atoms. The first-order valence-corrected chi connectivity index (χ1v) is 10.9. The minimum absolute atomic E-state index is 0.255. The highest BCUT2D eigenvalue weighted by Gasteiger charge is 2.27. The van der Waals surface area contributed by atoms with E-state index in [4.69, 9.17) is 9.47 Å². The van der Waals surface area contributed by atoms with Crippen molar-refractivity contribution in [1.82, 2.24) is 9.62 Å². The lowest BCUT2D eigenvalue weighted by atomic mass is 10.3. The van der Waals surface area contributed by atoms with Crippen LogP contribution in [0.15, 0.2) is 46.7 Å². The summed E-state index contributed by atoms with van der Waals surface area (Å²) in [5, 5.41) is 2.78. The average Bonchev–Trinajstić information content (AvgIpc) is 3.17. The quantitative estimate of drug-likeness (QED) is 0.753. The van der Waals surface area contributed by atoms with E-state index < -0.39 is 16.1 Å². The summed E-state index contributed by atoms with van der Waals surface area (Å²) in [6, 6.07) is 12.4. The summed E-state index contributed by atoms with van der Waals surface area (Å²) in [5.41, 5.74) is 0. The van der Waals surface area contributed by atoms with Crippen molar-refractivity contribution in [2.24, 2.45) is 0 Å². The molecule has 2 heterocycles. The topological polar surface area (TPSA) is 84.9 Å². The van der Waals surface area contributed by atoms with Gasteiger partial charge in [-0.3, -0.25) is 4.79 Å². The summed E-state index contributed by atoms with van der Waals surface area (Å²) in [7, 11) is -3.50. The van der Waals surface area contributed by atoms with Gasteiger partial charge in [-0.25, -0.2) is 8.42 Å². The minimum Gasteiger partial charge on any atom is -0.481 e. The van der Waals surface area contributed by atoms with E-state index in [1.54, 1.807) is 31.2 Å². The third-order valence-corrected chi connectivity index (χ3v) is 7.51. The Hall–Kier alpha value is -1.94. The highest BCUT2D eigenvalue weighted by atomic mass is 32.2. The maximum atomic E-state index is 12.6. The van der Waals surface area contributed by atoms with Crippen LogP contribution in [0.2, 0.25) is 0 Å². The number of hydrogen-bond acceptors (Lipinski definition) is 6. The van der Waals surface area contributed by atoms with Crippen LogP contribution in [0.1, 0.15) is 11.8 Å². The fourth-order valence-electron chi connectivity index (χ4n) is 2.58. The second-order valence-corrected chi connectivity index (χ2v) is 9.36. The Balaban J connectivity index is 1.55. The summed E-state index contributed by atoms with van der Waals surface area (Å²) in [6.07, 6.45) is -0.649. The molecule has 0 radical (unpaired) electrons. The Morgan fingerprint density at radius 3 is 2.63 bits per heavy atom. The third kappa shape index (κ3) is 5.07. The van der Waals surface area contributed by atoms with Gasteiger partial charge < -0.3 is 14.8 Å².